The molecule has 2 unspecified atom stereocenters. The van der Waals surface area contributed by atoms with Crippen molar-refractivity contribution in [3.63, 3.8) is 0 Å². The molecule has 4 nitrogen and oxygen atoms in total. The van der Waals surface area contributed by atoms with Gasteiger partial charge < -0.3 is 9.80 Å². The molecule has 2 aromatic rings. The van der Waals surface area contributed by atoms with Crippen molar-refractivity contribution in [1.29, 1.82) is 0 Å². The van der Waals surface area contributed by atoms with Gasteiger partial charge in [-0.25, -0.2) is 0 Å². The fourth-order valence-electron chi connectivity index (χ4n) is 5.96. The molecule has 0 saturated carbocycles. The van der Waals surface area contributed by atoms with E-state index in [2.05, 4.69) is 62.1 Å². The normalized spacial score (nSPS) is 27.0. The number of Topliss-reactive ketones (excluding diaryl/α,β-unsaturated/α-hetero) is 1. The van der Waals surface area contributed by atoms with Gasteiger partial charge >= 0.3 is 0 Å². The summed E-state index contributed by atoms with van der Waals surface area (Å²) in [6.07, 6.45) is 1.71. The van der Waals surface area contributed by atoms with Crippen LogP contribution >= 0.6 is 0 Å². The second-order valence-electron chi connectivity index (χ2n) is 10.4. The van der Waals surface area contributed by atoms with Gasteiger partial charge in [0, 0.05) is 42.6 Å². The maximum atomic E-state index is 13.4. The van der Waals surface area contributed by atoms with Crippen molar-refractivity contribution in [3.8, 4) is 0 Å². The van der Waals surface area contributed by atoms with Crippen LogP contribution in [0.1, 0.15) is 51.2 Å². The van der Waals surface area contributed by atoms with E-state index >= 15 is 0 Å². The van der Waals surface area contributed by atoms with Gasteiger partial charge in [0.2, 0.25) is 5.91 Å². The fraction of sp³-hybridized carbons (Fsp3) is 0.407. The number of fused-ring (bicyclic) bond motifs is 2. The first-order chi connectivity index (χ1) is 14.8. The Morgan fingerprint density at radius 1 is 0.774 bits per heavy atom. The minimum atomic E-state index is -0.455. The zero-order valence-corrected chi connectivity index (χ0v) is 18.6. The van der Waals surface area contributed by atoms with Crippen LogP contribution in [0.2, 0.25) is 0 Å². The first-order valence-corrected chi connectivity index (χ1v) is 11.2. The van der Waals surface area contributed by atoms with Gasteiger partial charge in [-0.1, -0.05) is 81.4 Å². The van der Waals surface area contributed by atoms with Crippen LogP contribution in [0, 0.1) is 10.8 Å². The van der Waals surface area contributed by atoms with E-state index in [-0.39, 0.29) is 23.3 Å². The molecule has 1 fully saturated rings. The Labute approximate surface area is 184 Å². The lowest BCUT2D eigenvalue weighted by molar-refractivity contribution is -0.131. The number of nitrogens with zero attached hydrogens (tertiary/aromatic N) is 2. The average Bonchev–Trinajstić information content (AvgIpc) is 3.09. The number of allylic oxidation sites excluding steroid dienone is 1. The smallest absolute Gasteiger partial charge is 0.225 e. The van der Waals surface area contributed by atoms with Crippen molar-refractivity contribution < 1.29 is 9.59 Å². The van der Waals surface area contributed by atoms with E-state index in [0.717, 1.165) is 23.3 Å². The van der Waals surface area contributed by atoms with E-state index in [1.165, 1.54) is 5.56 Å². The Morgan fingerprint density at radius 2 is 1.32 bits per heavy atom. The van der Waals surface area contributed by atoms with E-state index in [0.29, 0.717) is 25.9 Å². The fourth-order valence-corrected chi connectivity index (χ4v) is 5.96. The summed E-state index contributed by atoms with van der Waals surface area (Å²) in [7, 11) is 0. The first kappa shape index (κ1) is 20.0. The molecule has 0 aromatic heterocycles. The molecule has 31 heavy (non-hydrogen) atoms. The quantitative estimate of drug-likeness (QED) is 0.714. The topological polar surface area (TPSA) is 40.6 Å². The van der Waals surface area contributed by atoms with Crippen molar-refractivity contribution in [3.05, 3.63) is 83.1 Å². The number of carbonyl (C=O) groups is 2. The van der Waals surface area contributed by atoms with Crippen LogP contribution < -0.4 is 0 Å². The van der Waals surface area contributed by atoms with Gasteiger partial charge in [-0.05, 0) is 23.0 Å². The van der Waals surface area contributed by atoms with Gasteiger partial charge in [0.05, 0.1) is 0 Å². The Hall–Kier alpha value is -2.88. The summed E-state index contributed by atoms with van der Waals surface area (Å²) in [6, 6.07) is 20.6. The Morgan fingerprint density at radius 3 is 1.90 bits per heavy atom. The number of likely N-dealkylation sites (tertiary alicyclic amines) is 1. The predicted octanol–water partition coefficient (Wildman–Crippen LogP) is 4.91. The highest BCUT2D eigenvalue weighted by Crippen LogP contribution is 2.58. The van der Waals surface area contributed by atoms with Crippen molar-refractivity contribution >= 4 is 11.7 Å². The predicted molar refractivity (Wildman–Crippen MR) is 121 cm³/mol. The van der Waals surface area contributed by atoms with Crippen molar-refractivity contribution in [2.75, 3.05) is 0 Å². The number of ketones is 1. The molecule has 0 bridgehead atoms. The largest absolute Gasteiger partial charge is 0.349 e. The number of rotatable bonds is 4. The summed E-state index contributed by atoms with van der Waals surface area (Å²) in [6.45, 7) is 7.78. The highest BCUT2D eigenvalue weighted by atomic mass is 16.2. The molecule has 1 saturated heterocycles. The van der Waals surface area contributed by atoms with Crippen LogP contribution in [0.15, 0.2) is 71.9 Å². The average molecular weight is 415 g/mol. The lowest BCUT2D eigenvalue weighted by Crippen LogP contribution is -2.47. The zero-order valence-electron chi connectivity index (χ0n) is 18.6. The first-order valence-electron chi connectivity index (χ1n) is 11.2. The van der Waals surface area contributed by atoms with Gasteiger partial charge in [0.25, 0.3) is 0 Å². The molecule has 160 valence electrons. The van der Waals surface area contributed by atoms with Gasteiger partial charge in [-0.15, -0.1) is 0 Å². The van der Waals surface area contributed by atoms with Crippen molar-refractivity contribution in [2.24, 2.45) is 10.8 Å². The summed E-state index contributed by atoms with van der Waals surface area (Å²) in [5.74, 6) is 0.363. The summed E-state index contributed by atoms with van der Waals surface area (Å²) >= 11 is 0. The molecule has 4 heteroatoms. The van der Waals surface area contributed by atoms with Gasteiger partial charge in [-0.2, -0.15) is 0 Å². The summed E-state index contributed by atoms with van der Waals surface area (Å²) < 4.78 is 0. The van der Waals surface area contributed by atoms with Crippen LogP contribution in [-0.4, -0.2) is 27.7 Å². The molecular weight excluding hydrogens is 384 g/mol. The van der Waals surface area contributed by atoms with Crippen LogP contribution in [0.4, 0.5) is 0 Å². The molecule has 0 spiro atoms. The molecular formula is C27H30N2O2. The van der Waals surface area contributed by atoms with Gasteiger partial charge in [0.15, 0.2) is 5.78 Å². The third-order valence-corrected chi connectivity index (χ3v) is 7.16. The molecule has 1 aliphatic carbocycles. The van der Waals surface area contributed by atoms with E-state index in [4.69, 9.17) is 0 Å². The lowest BCUT2D eigenvalue weighted by atomic mass is 9.69. The monoisotopic (exact) mass is 414 g/mol. The minimum Gasteiger partial charge on any atom is -0.349 e. The Bertz CT molecular complexity index is 1060. The highest BCUT2D eigenvalue weighted by Gasteiger charge is 2.61. The maximum Gasteiger partial charge on any atom is 0.225 e. The molecule has 5 rings (SSSR count). The Balaban J connectivity index is 1.59. The third kappa shape index (κ3) is 3.29. The zero-order chi connectivity index (χ0) is 21.8. The molecule has 2 atom stereocenters. The standard InChI is InChI=1S/C27H30N2O2/c1-26(2)14-21-24(22(30)15-26)27(3)16-23(31)29(18-20-12-8-5-9-13-20)25(27)28(21)17-19-10-6-4-7-11-19/h4-13,25H,14-18H2,1-3H3. The summed E-state index contributed by atoms with van der Waals surface area (Å²) in [4.78, 5) is 31.0. The minimum absolute atomic E-state index is 0.0614. The number of carbonyl (C=O) groups excluding carboxylic acids is 2. The van der Waals surface area contributed by atoms with Crippen LogP contribution in [0.25, 0.3) is 0 Å². The highest BCUT2D eigenvalue weighted by molar-refractivity contribution is 6.01. The second-order valence-corrected chi connectivity index (χ2v) is 10.4. The molecule has 0 N–H and O–H groups in total. The van der Waals surface area contributed by atoms with E-state index in [9.17, 15) is 9.59 Å². The van der Waals surface area contributed by atoms with Gasteiger partial charge in [0.1, 0.15) is 6.17 Å². The molecule has 1 amide bonds. The molecule has 3 aliphatic rings. The number of benzene rings is 2. The molecule has 2 aromatic carbocycles. The molecule has 2 heterocycles. The second kappa shape index (κ2) is 7.08. The van der Waals surface area contributed by atoms with Crippen LogP contribution in [0.5, 0.6) is 0 Å². The lowest BCUT2D eigenvalue weighted by Gasteiger charge is -2.39. The number of hydrogen-bond acceptors (Lipinski definition) is 3. The third-order valence-electron chi connectivity index (χ3n) is 7.16. The SMILES string of the molecule is CC1(C)CC(=O)C2=C(C1)N(Cc1ccccc1)C1N(Cc3ccccc3)C(=O)CC21C. The van der Waals surface area contributed by atoms with Crippen molar-refractivity contribution in [2.45, 2.75) is 59.3 Å². The number of hydrogen-bond donors (Lipinski definition) is 0. The molecule has 2 aliphatic heterocycles. The van der Waals surface area contributed by atoms with Crippen LogP contribution in [0.3, 0.4) is 0 Å². The van der Waals surface area contributed by atoms with E-state index in [1.54, 1.807) is 0 Å². The summed E-state index contributed by atoms with van der Waals surface area (Å²) in [5.41, 5.74) is 3.88. The van der Waals surface area contributed by atoms with Crippen LogP contribution in [-0.2, 0) is 22.7 Å². The van der Waals surface area contributed by atoms with Crippen molar-refractivity contribution in [1.82, 2.24) is 9.80 Å². The van der Waals surface area contributed by atoms with E-state index in [1.807, 2.05) is 29.2 Å². The maximum absolute atomic E-state index is 13.4. The molecule has 0 radical (unpaired) electrons. The van der Waals surface area contributed by atoms with Gasteiger partial charge in [-0.3, -0.25) is 9.59 Å². The summed E-state index contributed by atoms with van der Waals surface area (Å²) in [5, 5.41) is 0. The number of amides is 1. The van der Waals surface area contributed by atoms with E-state index < -0.39 is 5.41 Å². The Kier molecular flexibility index (Phi) is 4.58.